The number of carbonyl (C=O) groups is 1. The summed E-state index contributed by atoms with van der Waals surface area (Å²) in [6, 6.07) is 8.15. The first-order valence-electron chi connectivity index (χ1n) is 5.84. The molecule has 0 spiro atoms. The maximum atomic E-state index is 12.4. The number of aromatic carboxylic acids is 1. The highest BCUT2D eigenvalue weighted by Gasteiger charge is 2.27. The zero-order valence-corrected chi connectivity index (χ0v) is 13.4. The normalized spacial score (nSPS) is 11.8. The average molecular weight is 346 g/mol. The third-order valence-corrected chi connectivity index (χ3v) is 5.92. The molecule has 0 saturated heterocycles. The van der Waals surface area contributed by atoms with Gasteiger partial charge in [-0.2, -0.15) is 4.31 Å². The number of carboxylic acids is 1. The first-order valence-corrected chi connectivity index (χ1v) is 8.53. The molecule has 0 saturated carbocycles. The van der Waals surface area contributed by atoms with E-state index >= 15 is 0 Å². The number of rotatable bonds is 5. The van der Waals surface area contributed by atoms with E-state index in [1.165, 1.54) is 18.5 Å². The topological polar surface area (TPSA) is 74.7 Å². The first-order chi connectivity index (χ1) is 9.82. The Morgan fingerprint density at radius 3 is 2.71 bits per heavy atom. The fourth-order valence-corrected chi connectivity index (χ4v) is 4.40. The van der Waals surface area contributed by atoms with E-state index in [1.54, 1.807) is 24.3 Å². The van der Waals surface area contributed by atoms with Crippen LogP contribution in [0.15, 0.2) is 40.6 Å². The Kier molecular flexibility index (Phi) is 4.67. The van der Waals surface area contributed by atoms with E-state index in [2.05, 4.69) is 0 Å². The van der Waals surface area contributed by atoms with Crippen LogP contribution < -0.4 is 0 Å². The van der Waals surface area contributed by atoms with Gasteiger partial charge in [0.15, 0.2) is 0 Å². The second-order valence-electron chi connectivity index (χ2n) is 4.31. The standard InChI is InChI=1S/C13H12ClNO4S2/c1-15(8-9-3-2-4-10(14)7-9)21(18,19)11-5-6-20-12(11)13(16)17/h2-7H,8H2,1H3,(H,16,17). The number of hydrogen-bond acceptors (Lipinski definition) is 4. The van der Waals surface area contributed by atoms with Crippen molar-refractivity contribution in [2.24, 2.45) is 0 Å². The maximum absolute atomic E-state index is 12.4. The summed E-state index contributed by atoms with van der Waals surface area (Å²) in [4.78, 5) is 10.7. The van der Waals surface area contributed by atoms with Crippen molar-refractivity contribution in [2.45, 2.75) is 11.4 Å². The number of sulfonamides is 1. The molecule has 1 heterocycles. The molecule has 1 aromatic heterocycles. The second kappa shape index (κ2) is 6.15. The highest BCUT2D eigenvalue weighted by atomic mass is 35.5. The van der Waals surface area contributed by atoms with E-state index < -0.39 is 16.0 Å². The minimum Gasteiger partial charge on any atom is -0.477 e. The van der Waals surface area contributed by atoms with Crippen molar-refractivity contribution >= 4 is 38.9 Å². The molecule has 0 aliphatic carbocycles. The summed E-state index contributed by atoms with van der Waals surface area (Å²) in [7, 11) is -2.46. The van der Waals surface area contributed by atoms with Crippen molar-refractivity contribution in [3.8, 4) is 0 Å². The van der Waals surface area contributed by atoms with Crippen molar-refractivity contribution < 1.29 is 18.3 Å². The molecule has 0 bridgehead atoms. The van der Waals surface area contributed by atoms with Gasteiger partial charge < -0.3 is 5.11 Å². The highest BCUT2D eigenvalue weighted by molar-refractivity contribution is 7.89. The summed E-state index contributed by atoms with van der Waals surface area (Å²) in [5, 5.41) is 11.0. The van der Waals surface area contributed by atoms with Crippen molar-refractivity contribution in [3.63, 3.8) is 0 Å². The summed E-state index contributed by atoms with van der Waals surface area (Å²) in [6.45, 7) is 0.109. The molecule has 0 fully saturated rings. The van der Waals surface area contributed by atoms with Gasteiger partial charge in [-0.1, -0.05) is 23.7 Å². The molecule has 0 amide bonds. The molecule has 0 atom stereocenters. The quantitative estimate of drug-likeness (QED) is 0.904. The largest absolute Gasteiger partial charge is 0.477 e. The van der Waals surface area contributed by atoms with E-state index in [9.17, 15) is 13.2 Å². The van der Waals surface area contributed by atoms with E-state index in [0.29, 0.717) is 5.02 Å². The van der Waals surface area contributed by atoms with Gasteiger partial charge in [0, 0.05) is 18.6 Å². The third kappa shape index (κ3) is 3.44. The summed E-state index contributed by atoms with van der Waals surface area (Å²) < 4.78 is 26.0. The maximum Gasteiger partial charge on any atom is 0.347 e. The van der Waals surface area contributed by atoms with Crippen molar-refractivity contribution in [2.75, 3.05) is 7.05 Å². The molecule has 2 rings (SSSR count). The Morgan fingerprint density at radius 1 is 1.38 bits per heavy atom. The van der Waals surface area contributed by atoms with Crippen LogP contribution in [0.1, 0.15) is 15.2 Å². The number of carboxylic acid groups (broad SMARTS) is 1. The number of thiophene rings is 1. The molecule has 21 heavy (non-hydrogen) atoms. The van der Waals surface area contributed by atoms with Gasteiger partial charge in [-0.25, -0.2) is 13.2 Å². The van der Waals surface area contributed by atoms with Gasteiger partial charge in [0.1, 0.15) is 9.77 Å². The molecule has 0 aliphatic rings. The SMILES string of the molecule is CN(Cc1cccc(Cl)c1)S(=O)(=O)c1ccsc1C(=O)O. The van der Waals surface area contributed by atoms with Crippen LogP contribution in [0.4, 0.5) is 0 Å². The van der Waals surface area contributed by atoms with Gasteiger partial charge in [-0.3, -0.25) is 0 Å². The second-order valence-corrected chi connectivity index (χ2v) is 7.68. The minimum atomic E-state index is -3.86. The highest BCUT2D eigenvalue weighted by Crippen LogP contribution is 2.25. The Morgan fingerprint density at radius 2 is 2.10 bits per heavy atom. The molecule has 112 valence electrons. The molecular formula is C13H12ClNO4S2. The zero-order valence-electron chi connectivity index (χ0n) is 11.0. The summed E-state index contributed by atoms with van der Waals surface area (Å²) in [5.74, 6) is -1.25. The molecule has 1 aromatic carbocycles. The lowest BCUT2D eigenvalue weighted by molar-refractivity contribution is 0.0698. The number of benzene rings is 1. The Bertz CT molecular complexity index is 770. The number of hydrogen-bond donors (Lipinski definition) is 1. The van der Waals surface area contributed by atoms with Gasteiger partial charge in [-0.05, 0) is 29.1 Å². The Labute approximate surface area is 131 Å². The van der Waals surface area contributed by atoms with Crippen molar-refractivity contribution in [3.05, 3.63) is 51.2 Å². The van der Waals surface area contributed by atoms with E-state index in [-0.39, 0.29) is 16.3 Å². The van der Waals surface area contributed by atoms with E-state index in [4.69, 9.17) is 16.7 Å². The summed E-state index contributed by atoms with van der Waals surface area (Å²) in [5.41, 5.74) is 0.723. The predicted molar refractivity (Wildman–Crippen MR) is 81.4 cm³/mol. The van der Waals surface area contributed by atoms with Gasteiger partial charge >= 0.3 is 5.97 Å². The van der Waals surface area contributed by atoms with Crippen LogP contribution in [-0.2, 0) is 16.6 Å². The lowest BCUT2D eigenvalue weighted by Crippen LogP contribution is -2.27. The van der Waals surface area contributed by atoms with Crippen LogP contribution in [0, 0.1) is 0 Å². The van der Waals surface area contributed by atoms with Crippen LogP contribution >= 0.6 is 22.9 Å². The molecule has 0 radical (unpaired) electrons. The van der Waals surface area contributed by atoms with Crippen LogP contribution in [0.5, 0.6) is 0 Å². The fourth-order valence-electron chi connectivity index (χ4n) is 1.80. The predicted octanol–water partition coefficient (Wildman–Crippen LogP) is 2.92. The van der Waals surface area contributed by atoms with Crippen molar-refractivity contribution in [1.29, 1.82) is 0 Å². The monoisotopic (exact) mass is 345 g/mol. The smallest absolute Gasteiger partial charge is 0.347 e. The molecule has 2 aromatic rings. The van der Waals surface area contributed by atoms with E-state index in [1.807, 2.05) is 0 Å². The molecular weight excluding hydrogens is 334 g/mol. The van der Waals surface area contributed by atoms with Gasteiger partial charge in [0.05, 0.1) is 0 Å². The summed E-state index contributed by atoms with van der Waals surface area (Å²) >= 11 is 6.75. The zero-order chi connectivity index (χ0) is 15.6. The molecule has 0 aliphatic heterocycles. The van der Waals surface area contributed by atoms with Crippen LogP contribution in [0.2, 0.25) is 5.02 Å². The third-order valence-electron chi connectivity index (χ3n) is 2.81. The number of halogens is 1. The molecule has 8 heteroatoms. The molecule has 1 N–H and O–H groups in total. The van der Waals surface area contributed by atoms with Gasteiger partial charge in [0.2, 0.25) is 10.0 Å². The van der Waals surface area contributed by atoms with Crippen LogP contribution in [0.3, 0.4) is 0 Å². The van der Waals surface area contributed by atoms with Crippen LogP contribution in [-0.4, -0.2) is 30.8 Å². The van der Waals surface area contributed by atoms with Crippen molar-refractivity contribution in [1.82, 2.24) is 4.31 Å². The fraction of sp³-hybridized carbons (Fsp3) is 0.154. The van der Waals surface area contributed by atoms with Gasteiger partial charge in [0.25, 0.3) is 0 Å². The average Bonchev–Trinajstić information content (AvgIpc) is 2.88. The van der Waals surface area contributed by atoms with Gasteiger partial charge in [-0.15, -0.1) is 11.3 Å². The van der Waals surface area contributed by atoms with E-state index in [0.717, 1.165) is 21.2 Å². The van der Waals surface area contributed by atoms with Crippen LogP contribution in [0.25, 0.3) is 0 Å². The number of nitrogens with zero attached hydrogens (tertiary/aromatic N) is 1. The molecule has 5 nitrogen and oxygen atoms in total. The minimum absolute atomic E-state index is 0.109. The lowest BCUT2D eigenvalue weighted by atomic mass is 10.2. The summed E-state index contributed by atoms with van der Waals surface area (Å²) in [6.07, 6.45) is 0. The first kappa shape index (κ1) is 16.0. The lowest BCUT2D eigenvalue weighted by Gasteiger charge is -2.17. The Hall–Kier alpha value is -1.41. The molecule has 0 unspecified atom stereocenters. The Balaban J connectivity index is 2.31.